The Balaban J connectivity index is 1.43. The quantitative estimate of drug-likeness (QED) is 0.541. The van der Waals surface area contributed by atoms with E-state index in [9.17, 15) is 13.2 Å². The molecule has 1 amide bonds. The minimum atomic E-state index is -3.75. The molecule has 3 aromatic rings. The van der Waals surface area contributed by atoms with E-state index in [2.05, 4.69) is 15.5 Å². The predicted octanol–water partition coefficient (Wildman–Crippen LogP) is 3.14. The molecule has 1 saturated heterocycles. The van der Waals surface area contributed by atoms with Crippen molar-refractivity contribution in [3.05, 3.63) is 46.7 Å². The van der Waals surface area contributed by atoms with Gasteiger partial charge in [-0.1, -0.05) is 17.3 Å². The van der Waals surface area contributed by atoms with Gasteiger partial charge in [-0.3, -0.25) is 4.79 Å². The van der Waals surface area contributed by atoms with E-state index in [0.717, 1.165) is 11.3 Å². The summed E-state index contributed by atoms with van der Waals surface area (Å²) in [6.07, 6.45) is 1.27. The lowest BCUT2D eigenvalue weighted by Crippen LogP contribution is -2.45. The molecule has 0 radical (unpaired) electrons. The van der Waals surface area contributed by atoms with Crippen molar-refractivity contribution in [3.8, 4) is 16.5 Å². The number of nitrogens with zero attached hydrogens (tertiary/aromatic N) is 3. The molecule has 3 heterocycles. The zero-order valence-electron chi connectivity index (χ0n) is 18.7. The molecule has 11 heteroatoms. The predicted molar refractivity (Wildman–Crippen MR) is 123 cm³/mol. The van der Waals surface area contributed by atoms with Gasteiger partial charge in [0.1, 0.15) is 5.75 Å². The molecule has 176 valence electrons. The highest BCUT2D eigenvalue weighted by molar-refractivity contribution is 7.89. The smallest absolute Gasteiger partial charge is 0.244 e. The number of aryl methyl sites for hydroxylation is 2. The number of thiophene rings is 1. The Labute approximate surface area is 196 Å². The van der Waals surface area contributed by atoms with Gasteiger partial charge in [-0.15, -0.1) is 11.3 Å². The van der Waals surface area contributed by atoms with Crippen LogP contribution in [0.5, 0.6) is 5.75 Å². The van der Waals surface area contributed by atoms with Crippen LogP contribution in [0.2, 0.25) is 0 Å². The fraction of sp³-hybridized carbons (Fsp3) is 0.409. The van der Waals surface area contributed by atoms with Gasteiger partial charge in [0, 0.05) is 31.4 Å². The molecule has 1 unspecified atom stereocenters. The van der Waals surface area contributed by atoms with Gasteiger partial charge in [-0.25, -0.2) is 8.42 Å². The third-order valence-electron chi connectivity index (χ3n) is 5.62. The van der Waals surface area contributed by atoms with E-state index < -0.39 is 15.9 Å². The maximum absolute atomic E-state index is 13.4. The van der Waals surface area contributed by atoms with E-state index >= 15 is 0 Å². The average molecular weight is 491 g/mol. The van der Waals surface area contributed by atoms with Crippen LogP contribution < -0.4 is 10.1 Å². The van der Waals surface area contributed by atoms with Crippen molar-refractivity contribution in [2.45, 2.75) is 38.1 Å². The zero-order chi connectivity index (χ0) is 23.6. The molecule has 1 aromatic carbocycles. The van der Waals surface area contributed by atoms with Crippen molar-refractivity contribution in [3.63, 3.8) is 0 Å². The molecule has 33 heavy (non-hydrogen) atoms. The summed E-state index contributed by atoms with van der Waals surface area (Å²) >= 11 is 1.31. The van der Waals surface area contributed by atoms with Gasteiger partial charge < -0.3 is 14.6 Å². The Hall–Kier alpha value is -2.76. The van der Waals surface area contributed by atoms with Gasteiger partial charge in [0.15, 0.2) is 0 Å². The topological polar surface area (TPSA) is 115 Å². The van der Waals surface area contributed by atoms with Crippen molar-refractivity contribution in [2.75, 3.05) is 20.2 Å². The minimum absolute atomic E-state index is 0.143. The Morgan fingerprint density at radius 1 is 1.30 bits per heavy atom. The molecule has 0 aliphatic carbocycles. The lowest BCUT2D eigenvalue weighted by molar-refractivity contribution is -0.126. The van der Waals surface area contributed by atoms with Crippen LogP contribution in [0.3, 0.4) is 0 Å². The lowest BCUT2D eigenvalue weighted by Gasteiger charge is -2.31. The molecule has 1 N–H and O–H groups in total. The lowest BCUT2D eigenvalue weighted by atomic mass is 9.99. The molecule has 9 nitrogen and oxygen atoms in total. The number of amides is 1. The summed E-state index contributed by atoms with van der Waals surface area (Å²) < 4.78 is 38.3. The molecule has 1 aliphatic heterocycles. The Morgan fingerprint density at radius 2 is 2.06 bits per heavy atom. The molecular formula is C22H26N4O5S2. The number of hydrogen-bond acceptors (Lipinski definition) is 8. The van der Waals surface area contributed by atoms with E-state index in [1.165, 1.54) is 15.6 Å². The molecule has 1 aliphatic rings. The summed E-state index contributed by atoms with van der Waals surface area (Å²) in [5.41, 5.74) is 0.947. The fourth-order valence-electron chi connectivity index (χ4n) is 3.82. The molecule has 0 bridgehead atoms. The van der Waals surface area contributed by atoms with Crippen LogP contribution in [0, 0.1) is 19.8 Å². The first kappa shape index (κ1) is 23.4. The van der Waals surface area contributed by atoms with E-state index in [-0.39, 0.29) is 17.3 Å². The van der Waals surface area contributed by atoms with Crippen molar-refractivity contribution in [1.82, 2.24) is 19.8 Å². The van der Waals surface area contributed by atoms with Crippen molar-refractivity contribution in [2.24, 2.45) is 5.92 Å². The molecule has 4 rings (SSSR count). The number of methoxy groups -OCH3 is 1. The maximum Gasteiger partial charge on any atom is 0.244 e. The normalized spacial score (nSPS) is 17.1. The van der Waals surface area contributed by atoms with Gasteiger partial charge >= 0.3 is 0 Å². The number of sulfonamides is 1. The molecular weight excluding hydrogens is 464 g/mol. The van der Waals surface area contributed by atoms with E-state index in [1.54, 1.807) is 27.0 Å². The van der Waals surface area contributed by atoms with Gasteiger partial charge in [-0.2, -0.15) is 9.29 Å². The number of aromatic nitrogens is 2. The Morgan fingerprint density at radius 3 is 2.73 bits per heavy atom. The molecule has 0 spiro atoms. The van der Waals surface area contributed by atoms with Crippen LogP contribution in [0.4, 0.5) is 0 Å². The van der Waals surface area contributed by atoms with Crippen LogP contribution in [0.15, 0.2) is 39.8 Å². The van der Waals surface area contributed by atoms with Crippen LogP contribution in [-0.2, 0) is 21.4 Å². The van der Waals surface area contributed by atoms with Crippen molar-refractivity contribution >= 4 is 27.3 Å². The third kappa shape index (κ3) is 5.10. The summed E-state index contributed by atoms with van der Waals surface area (Å²) in [5.74, 6) is 0.997. The first-order chi connectivity index (χ1) is 15.8. The monoisotopic (exact) mass is 490 g/mol. The largest absolute Gasteiger partial charge is 0.497 e. The number of nitrogens with one attached hydrogen (secondary N) is 1. The second-order valence-corrected chi connectivity index (χ2v) is 11.1. The van der Waals surface area contributed by atoms with Gasteiger partial charge in [-0.05, 0) is 43.5 Å². The second kappa shape index (κ2) is 9.62. The SMILES string of the molecule is COc1ccc(CNC(=O)C2CCCN(S(=O)(=O)c3cc(-c4noc(C)n4)sc3C)C2)cc1. The molecule has 2 aromatic heterocycles. The van der Waals surface area contributed by atoms with E-state index in [0.29, 0.717) is 47.4 Å². The Bertz CT molecular complexity index is 1230. The number of rotatable bonds is 7. The summed E-state index contributed by atoms with van der Waals surface area (Å²) in [6, 6.07) is 9.04. The van der Waals surface area contributed by atoms with Crippen molar-refractivity contribution in [1.29, 1.82) is 0 Å². The van der Waals surface area contributed by atoms with Crippen LogP contribution >= 0.6 is 11.3 Å². The third-order valence-corrected chi connectivity index (χ3v) is 8.79. The van der Waals surface area contributed by atoms with Gasteiger partial charge in [0.05, 0.1) is 22.8 Å². The highest BCUT2D eigenvalue weighted by atomic mass is 32.2. The zero-order valence-corrected chi connectivity index (χ0v) is 20.3. The first-order valence-electron chi connectivity index (χ1n) is 10.6. The number of piperidine rings is 1. The van der Waals surface area contributed by atoms with E-state index in [4.69, 9.17) is 9.26 Å². The molecule has 1 atom stereocenters. The highest BCUT2D eigenvalue weighted by Gasteiger charge is 2.35. The maximum atomic E-state index is 13.4. The van der Waals surface area contributed by atoms with Crippen LogP contribution in [0.1, 0.15) is 29.2 Å². The minimum Gasteiger partial charge on any atom is -0.497 e. The molecule has 0 saturated carbocycles. The van der Waals surface area contributed by atoms with Gasteiger partial charge in [0.25, 0.3) is 0 Å². The highest BCUT2D eigenvalue weighted by Crippen LogP contribution is 2.35. The fourth-order valence-corrected chi connectivity index (χ4v) is 6.83. The number of carbonyl (C=O) groups excluding carboxylic acids is 1. The first-order valence-corrected chi connectivity index (χ1v) is 12.9. The second-order valence-electron chi connectivity index (χ2n) is 7.94. The summed E-state index contributed by atoms with van der Waals surface area (Å²) in [7, 11) is -2.15. The standard InChI is InChI=1S/C22H26N4O5S2/c1-14-20(11-19(32-14)21-24-15(2)31-25-21)33(28,29)26-10-4-5-17(13-26)22(27)23-12-16-6-8-18(30-3)9-7-16/h6-9,11,17H,4-5,10,12-13H2,1-3H3,(H,23,27). The summed E-state index contributed by atoms with van der Waals surface area (Å²) in [6.45, 7) is 4.36. The van der Waals surface area contributed by atoms with Crippen LogP contribution in [0.25, 0.3) is 10.7 Å². The Kier molecular flexibility index (Phi) is 6.82. The van der Waals surface area contributed by atoms with Crippen LogP contribution in [-0.4, -0.2) is 49.0 Å². The number of ether oxygens (including phenoxy) is 1. The molecule has 1 fully saturated rings. The number of carbonyl (C=O) groups is 1. The number of benzene rings is 1. The van der Waals surface area contributed by atoms with Crippen molar-refractivity contribution < 1.29 is 22.5 Å². The number of hydrogen-bond donors (Lipinski definition) is 1. The van der Waals surface area contributed by atoms with Gasteiger partial charge in [0.2, 0.25) is 27.6 Å². The average Bonchev–Trinajstić information content (AvgIpc) is 3.43. The summed E-state index contributed by atoms with van der Waals surface area (Å²) in [4.78, 5) is 18.5. The summed E-state index contributed by atoms with van der Waals surface area (Å²) in [5, 5.41) is 6.81. The van der Waals surface area contributed by atoms with E-state index in [1.807, 2.05) is 24.3 Å².